The number of hydrogen-bond acceptors (Lipinski definition) is 4. The first-order valence-electron chi connectivity index (χ1n) is 5.98. The third kappa shape index (κ3) is 3.29. The third-order valence-electron chi connectivity index (χ3n) is 3.23. The summed E-state index contributed by atoms with van der Waals surface area (Å²) >= 11 is 0. The molecule has 0 spiro atoms. The molecular formula is C12H21N3O3. The van der Waals surface area contributed by atoms with Crippen LogP contribution in [0.3, 0.4) is 0 Å². The molecule has 0 saturated carbocycles. The molecule has 6 heteroatoms. The molecule has 18 heavy (non-hydrogen) atoms. The molecule has 2 unspecified atom stereocenters. The zero-order chi connectivity index (χ0) is 14.1. The summed E-state index contributed by atoms with van der Waals surface area (Å²) in [6.07, 6.45) is 0.178. The lowest BCUT2D eigenvalue weighted by Gasteiger charge is -2.26. The fourth-order valence-corrected chi connectivity index (χ4v) is 1.63. The van der Waals surface area contributed by atoms with Crippen LogP contribution in [0.5, 0.6) is 0 Å². The van der Waals surface area contributed by atoms with Crippen LogP contribution in [0.1, 0.15) is 33.6 Å². The molecule has 1 aliphatic rings. The first-order valence-corrected chi connectivity index (χ1v) is 5.98. The standard InChI is InChI=1S/C12H21N3O3/c1-12(2,3)8(13)6-9(16)14-7-5-10(17)15(4)11(7)18/h7-8H,5-6,13H2,1-4H3,(H,14,16). The summed E-state index contributed by atoms with van der Waals surface area (Å²) in [5, 5.41) is 2.56. The molecule has 3 amide bonds. The summed E-state index contributed by atoms with van der Waals surface area (Å²) in [5.74, 6) is -0.929. The first-order chi connectivity index (χ1) is 8.12. The molecule has 1 heterocycles. The van der Waals surface area contributed by atoms with E-state index in [9.17, 15) is 14.4 Å². The molecule has 0 bridgehead atoms. The van der Waals surface area contributed by atoms with E-state index >= 15 is 0 Å². The molecule has 3 N–H and O–H groups in total. The quantitative estimate of drug-likeness (QED) is 0.673. The van der Waals surface area contributed by atoms with Gasteiger partial charge in [-0.1, -0.05) is 20.8 Å². The van der Waals surface area contributed by atoms with Gasteiger partial charge in [-0.3, -0.25) is 19.3 Å². The van der Waals surface area contributed by atoms with E-state index in [1.165, 1.54) is 7.05 Å². The van der Waals surface area contributed by atoms with Gasteiger partial charge in [0, 0.05) is 19.5 Å². The predicted octanol–water partition coefficient (Wildman–Crippen LogP) is -0.377. The fraction of sp³-hybridized carbons (Fsp3) is 0.750. The molecule has 1 fully saturated rings. The van der Waals surface area contributed by atoms with Crippen molar-refractivity contribution in [2.75, 3.05) is 7.05 Å². The Kier molecular flexibility index (Phi) is 4.11. The fourth-order valence-electron chi connectivity index (χ4n) is 1.63. The van der Waals surface area contributed by atoms with Gasteiger partial charge in [-0.2, -0.15) is 0 Å². The van der Waals surface area contributed by atoms with Crippen molar-refractivity contribution in [3.8, 4) is 0 Å². The van der Waals surface area contributed by atoms with Crippen molar-refractivity contribution in [2.24, 2.45) is 11.1 Å². The number of carbonyl (C=O) groups excluding carboxylic acids is 3. The van der Waals surface area contributed by atoms with E-state index in [2.05, 4.69) is 5.32 Å². The number of rotatable bonds is 3. The zero-order valence-corrected chi connectivity index (χ0v) is 11.3. The summed E-state index contributed by atoms with van der Waals surface area (Å²) in [4.78, 5) is 35.7. The molecule has 0 aromatic heterocycles. The number of nitrogens with one attached hydrogen (secondary N) is 1. The summed E-state index contributed by atoms with van der Waals surface area (Å²) in [7, 11) is 1.41. The highest BCUT2D eigenvalue weighted by atomic mass is 16.2. The van der Waals surface area contributed by atoms with Crippen molar-refractivity contribution in [1.82, 2.24) is 10.2 Å². The van der Waals surface area contributed by atoms with E-state index in [1.54, 1.807) is 0 Å². The van der Waals surface area contributed by atoms with Crippen LogP contribution in [0, 0.1) is 5.41 Å². The van der Waals surface area contributed by atoms with Gasteiger partial charge in [-0.15, -0.1) is 0 Å². The predicted molar refractivity (Wildman–Crippen MR) is 66.4 cm³/mol. The van der Waals surface area contributed by atoms with Gasteiger partial charge in [-0.05, 0) is 5.41 Å². The highest BCUT2D eigenvalue weighted by Gasteiger charge is 2.37. The maximum absolute atomic E-state index is 11.7. The Hall–Kier alpha value is -1.43. The summed E-state index contributed by atoms with van der Waals surface area (Å²) in [6, 6.07) is -1.02. The molecule has 1 saturated heterocycles. The van der Waals surface area contributed by atoms with Crippen LogP contribution < -0.4 is 11.1 Å². The number of likely N-dealkylation sites (N-methyl/N-ethyl adjacent to an activating group) is 1. The van der Waals surface area contributed by atoms with E-state index in [0.29, 0.717) is 0 Å². The lowest BCUT2D eigenvalue weighted by Crippen LogP contribution is -2.45. The van der Waals surface area contributed by atoms with Crippen molar-refractivity contribution in [3.63, 3.8) is 0 Å². The van der Waals surface area contributed by atoms with Crippen LogP contribution in [0.4, 0.5) is 0 Å². The van der Waals surface area contributed by atoms with Gasteiger partial charge >= 0.3 is 0 Å². The number of amides is 3. The Morgan fingerprint density at radius 3 is 2.44 bits per heavy atom. The van der Waals surface area contributed by atoms with Gasteiger partial charge in [-0.25, -0.2) is 0 Å². The average molecular weight is 255 g/mol. The van der Waals surface area contributed by atoms with Gasteiger partial charge < -0.3 is 11.1 Å². The van der Waals surface area contributed by atoms with Crippen LogP contribution >= 0.6 is 0 Å². The second-order valence-corrected chi connectivity index (χ2v) is 5.79. The van der Waals surface area contributed by atoms with E-state index in [1.807, 2.05) is 20.8 Å². The molecular weight excluding hydrogens is 234 g/mol. The van der Waals surface area contributed by atoms with Gasteiger partial charge in [0.1, 0.15) is 6.04 Å². The molecule has 0 aromatic carbocycles. The number of hydrogen-bond donors (Lipinski definition) is 2. The number of imide groups is 1. The van der Waals surface area contributed by atoms with Crippen LogP contribution in [0.15, 0.2) is 0 Å². The van der Waals surface area contributed by atoms with Crippen molar-refractivity contribution >= 4 is 17.7 Å². The SMILES string of the molecule is CN1C(=O)CC(NC(=O)CC(N)C(C)(C)C)C1=O. The molecule has 0 aliphatic carbocycles. The molecule has 1 rings (SSSR count). The van der Waals surface area contributed by atoms with Gasteiger partial charge in [0.15, 0.2) is 0 Å². The van der Waals surface area contributed by atoms with Crippen molar-refractivity contribution in [2.45, 2.75) is 45.7 Å². The Morgan fingerprint density at radius 1 is 1.50 bits per heavy atom. The highest BCUT2D eigenvalue weighted by molar-refractivity contribution is 6.06. The van der Waals surface area contributed by atoms with Gasteiger partial charge in [0.2, 0.25) is 11.8 Å². The summed E-state index contributed by atoms with van der Waals surface area (Å²) < 4.78 is 0. The lowest BCUT2D eigenvalue weighted by atomic mass is 9.85. The number of likely N-dealkylation sites (tertiary alicyclic amines) is 1. The van der Waals surface area contributed by atoms with Gasteiger partial charge in [0.25, 0.3) is 5.91 Å². The molecule has 0 radical (unpaired) electrons. The third-order valence-corrected chi connectivity index (χ3v) is 3.23. The minimum atomic E-state index is -0.734. The van der Waals surface area contributed by atoms with Crippen molar-refractivity contribution < 1.29 is 14.4 Å². The second-order valence-electron chi connectivity index (χ2n) is 5.79. The largest absolute Gasteiger partial charge is 0.344 e. The Balaban J connectivity index is 2.52. The Morgan fingerprint density at radius 2 is 2.06 bits per heavy atom. The van der Waals surface area contributed by atoms with E-state index in [4.69, 9.17) is 5.73 Å². The smallest absolute Gasteiger partial charge is 0.252 e. The van der Waals surface area contributed by atoms with E-state index < -0.39 is 6.04 Å². The van der Waals surface area contributed by atoms with Crippen molar-refractivity contribution in [1.29, 1.82) is 0 Å². The topological polar surface area (TPSA) is 92.5 Å². The normalized spacial score (nSPS) is 22.3. The number of nitrogens with two attached hydrogens (primary N) is 1. The molecule has 2 atom stereocenters. The minimum Gasteiger partial charge on any atom is -0.344 e. The van der Waals surface area contributed by atoms with Crippen LogP contribution in [0.25, 0.3) is 0 Å². The van der Waals surface area contributed by atoms with Crippen molar-refractivity contribution in [3.05, 3.63) is 0 Å². The van der Waals surface area contributed by atoms with E-state index in [0.717, 1.165) is 4.90 Å². The Labute approximate surface area is 107 Å². The number of carbonyl (C=O) groups is 3. The summed E-state index contributed by atoms with van der Waals surface area (Å²) in [5.41, 5.74) is 5.72. The maximum Gasteiger partial charge on any atom is 0.252 e. The van der Waals surface area contributed by atoms with Crippen LogP contribution in [-0.2, 0) is 14.4 Å². The first kappa shape index (κ1) is 14.6. The molecule has 1 aliphatic heterocycles. The van der Waals surface area contributed by atoms with Crippen LogP contribution in [-0.4, -0.2) is 41.8 Å². The molecule has 102 valence electrons. The lowest BCUT2D eigenvalue weighted by molar-refractivity contribution is -0.138. The van der Waals surface area contributed by atoms with E-state index in [-0.39, 0.29) is 42.0 Å². The zero-order valence-electron chi connectivity index (χ0n) is 11.3. The summed E-state index contributed by atoms with van der Waals surface area (Å²) in [6.45, 7) is 5.84. The van der Waals surface area contributed by atoms with Gasteiger partial charge in [0.05, 0.1) is 6.42 Å². The highest BCUT2D eigenvalue weighted by Crippen LogP contribution is 2.20. The minimum absolute atomic E-state index is 0.0336. The monoisotopic (exact) mass is 255 g/mol. The van der Waals surface area contributed by atoms with Crippen LogP contribution in [0.2, 0.25) is 0 Å². The Bertz CT molecular complexity index is 373. The maximum atomic E-state index is 11.7. The second kappa shape index (κ2) is 5.06. The molecule has 0 aromatic rings. The average Bonchev–Trinajstić information content (AvgIpc) is 2.45. The number of nitrogens with zero attached hydrogens (tertiary/aromatic N) is 1. The molecule has 6 nitrogen and oxygen atoms in total.